The Bertz CT molecular complexity index is 564. The summed E-state index contributed by atoms with van der Waals surface area (Å²) in [4.78, 5) is 27.2. The summed E-state index contributed by atoms with van der Waals surface area (Å²) in [7, 11) is 0. The Morgan fingerprint density at radius 2 is 1.74 bits per heavy atom. The number of hydrogen-bond donors (Lipinski definition) is 1. The van der Waals surface area contributed by atoms with Gasteiger partial charge in [0, 0.05) is 23.8 Å². The van der Waals surface area contributed by atoms with Gasteiger partial charge in [0.1, 0.15) is 5.41 Å². The Labute approximate surface area is 144 Å². The van der Waals surface area contributed by atoms with Crippen LogP contribution in [-0.4, -0.2) is 29.8 Å². The Kier molecular flexibility index (Phi) is 7.07. The molecule has 0 saturated carbocycles. The monoisotopic (exact) mass is 338 g/mol. The van der Waals surface area contributed by atoms with Crippen molar-refractivity contribution in [2.24, 2.45) is 5.41 Å². The number of benzene rings is 1. The molecule has 0 atom stereocenters. The number of aryl methyl sites for hydroxylation is 1. The molecule has 1 N–H and O–H groups in total. The lowest BCUT2D eigenvalue weighted by Crippen LogP contribution is -2.48. The first-order valence-corrected chi connectivity index (χ1v) is 8.48. The van der Waals surface area contributed by atoms with Crippen molar-refractivity contribution in [3.63, 3.8) is 0 Å². The first-order valence-electron chi connectivity index (χ1n) is 8.11. The van der Waals surface area contributed by atoms with Crippen LogP contribution in [0.15, 0.2) is 18.2 Å². The minimum Gasteiger partial charge on any atom is -0.342 e. The fourth-order valence-electron chi connectivity index (χ4n) is 2.35. The Hall–Kier alpha value is -1.55. The molecule has 0 aliphatic rings. The van der Waals surface area contributed by atoms with Crippen molar-refractivity contribution < 1.29 is 9.59 Å². The van der Waals surface area contributed by atoms with Crippen LogP contribution in [0.25, 0.3) is 0 Å². The van der Waals surface area contributed by atoms with E-state index in [2.05, 4.69) is 5.32 Å². The number of nitrogens with one attached hydrogen (secondary N) is 1. The molecular weight excluding hydrogens is 312 g/mol. The van der Waals surface area contributed by atoms with Gasteiger partial charge in [0.2, 0.25) is 11.8 Å². The van der Waals surface area contributed by atoms with Gasteiger partial charge in [-0.1, -0.05) is 31.5 Å². The van der Waals surface area contributed by atoms with E-state index in [1.807, 2.05) is 26.8 Å². The minimum absolute atomic E-state index is 0.140. The van der Waals surface area contributed by atoms with Gasteiger partial charge >= 0.3 is 0 Å². The highest BCUT2D eigenvalue weighted by Gasteiger charge is 2.39. The summed E-state index contributed by atoms with van der Waals surface area (Å²) in [5.74, 6) is -0.455. The van der Waals surface area contributed by atoms with Crippen LogP contribution in [0, 0.1) is 12.3 Å². The molecule has 2 amide bonds. The summed E-state index contributed by atoms with van der Waals surface area (Å²) in [6.07, 6.45) is 1.74. The fourth-order valence-corrected chi connectivity index (χ4v) is 2.53. The molecule has 5 heteroatoms. The second-order valence-electron chi connectivity index (χ2n) is 6.33. The SMILES string of the molecule is CCCN(CCC)C(=O)C(C)(C)C(=O)Nc1cc(Cl)ccc1C. The summed E-state index contributed by atoms with van der Waals surface area (Å²) in [5.41, 5.74) is 0.421. The van der Waals surface area contributed by atoms with Crippen LogP contribution in [0.4, 0.5) is 5.69 Å². The second-order valence-corrected chi connectivity index (χ2v) is 6.77. The molecule has 0 unspecified atom stereocenters. The zero-order valence-corrected chi connectivity index (χ0v) is 15.5. The topological polar surface area (TPSA) is 49.4 Å². The molecule has 1 aromatic rings. The van der Waals surface area contributed by atoms with Gasteiger partial charge in [0.25, 0.3) is 0 Å². The van der Waals surface area contributed by atoms with Crippen LogP contribution < -0.4 is 5.32 Å². The lowest BCUT2D eigenvalue weighted by molar-refractivity contribution is -0.146. The maximum atomic E-state index is 12.8. The lowest BCUT2D eigenvalue weighted by Gasteiger charge is -2.31. The van der Waals surface area contributed by atoms with E-state index in [1.165, 1.54) is 0 Å². The van der Waals surface area contributed by atoms with E-state index < -0.39 is 5.41 Å². The number of rotatable bonds is 7. The smallest absolute Gasteiger partial charge is 0.239 e. The molecular formula is C18H27ClN2O2. The van der Waals surface area contributed by atoms with Gasteiger partial charge < -0.3 is 10.2 Å². The van der Waals surface area contributed by atoms with Gasteiger partial charge in [0.15, 0.2) is 0 Å². The van der Waals surface area contributed by atoms with E-state index in [-0.39, 0.29) is 11.8 Å². The largest absolute Gasteiger partial charge is 0.342 e. The van der Waals surface area contributed by atoms with E-state index in [1.54, 1.807) is 30.9 Å². The van der Waals surface area contributed by atoms with Gasteiger partial charge in [-0.05, 0) is 51.3 Å². The third-order valence-corrected chi connectivity index (χ3v) is 4.06. The van der Waals surface area contributed by atoms with E-state index in [4.69, 9.17) is 11.6 Å². The zero-order chi connectivity index (χ0) is 17.6. The molecule has 0 saturated heterocycles. The molecule has 0 radical (unpaired) electrons. The number of carbonyl (C=O) groups excluding carboxylic acids is 2. The fraction of sp³-hybridized carbons (Fsp3) is 0.556. The predicted octanol–water partition coefficient (Wildman–Crippen LogP) is 4.26. The Balaban J connectivity index is 2.94. The van der Waals surface area contributed by atoms with Crippen molar-refractivity contribution in [3.05, 3.63) is 28.8 Å². The molecule has 0 heterocycles. The Morgan fingerprint density at radius 1 is 1.17 bits per heavy atom. The molecule has 0 bridgehead atoms. The maximum Gasteiger partial charge on any atom is 0.239 e. The van der Waals surface area contributed by atoms with Crippen LogP contribution in [0.5, 0.6) is 0 Å². The number of halogens is 1. The highest BCUT2D eigenvalue weighted by atomic mass is 35.5. The average Bonchev–Trinajstić information content (AvgIpc) is 2.49. The van der Waals surface area contributed by atoms with E-state index in [0.717, 1.165) is 18.4 Å². The van der Waals surface area contributed by atoms with E-state index in [0.29, 0.717) is 23.8 Å². The van der Waals surface area contributed by atoms with Crippen molar-refractivity contribution in [2.45, 2.75) is 47.5 Å². The highest BCUT2D eigenvalue weighted by molar-refractivity contribution is 6.31. The number of carbonyl (C=O) groups is 2. The van der Waals surface area contributed by atoms with Gasteiger partial charge in [-0.2, -0.15) is 0 Å². The van der Waals surface area contributed by atoms with Gasteiger partial charge in [0.05, 0.1) is 0 Å². The third-order valence-electron chi connectivity index (χ3n) is 3.82. The van der Waals surface area contributed by atoms with Gasteiger partial charge in [-0.25, -0.2) is 0 Å². The van der Waals surface area contributed by atoms with Crippen LogP contribution in [0.2, 0.25) is 5.02 Å². The number of nitrogens with zero attached hydrogens (tertiary/aromatic N) is 1. The zero-order valence-electron chi connectivity index (χ0n) is 14.7. The molecule has 0 aromatic heterocycles. The van der Waals surface area contributed by atoms with Crippen LogP contribution in [0.1, 0.15) is 46.1 Å². The third kappa shape index (κ3) is 4.96. The first kappa shape index (κ1) is 19.5. The summed E-state index contributed by atoms with van der Waals surface area (Å²) in [6.45, 7) is 10.6. The maximum absolute atomic E-state index is 12.8. The molecule has 0 aliphatic heterocycles. The first-order chi connectivity index (χ1) is 10.7. The molecule has 4 nitrogen and oxygen atoms in total. The molecule has 0 aliphatic carbocycles. The summed E-state index contributed by atoms with van der Waals surface area (Å²) in [6, 6.07) is 5.31. The van der Waals surface area contributed by atoms with Crippen molar-refractivity contribution in [2.75, 3.05) is 18.4 Å². The normalized spacial score (nSPS) is 11.2. The average molecular weight is 339 g/mol. The van der Waals surface area contributed by atoms with Gasteiger partial charge in [-0.3, -0.25) is 9.59 Å². The molecule has 128 valence electrons. The van der Waals surface area contributed by atoms with Crippen molar-refractivity contribution >= 4 is 29.1 Å². The number of amides is 2. The van der Waals surface area contributed by atoms with E-state index in [9.17, 15) is 9.59 Å². The van der Waals surface area contributed by atoms with Crippen molar-refractivity contribution in [1.29, 1.82) is 0 Å². The van der Waals surface area contributed by atoms with E-state index >= 15 is 0 Å². The Morgan fingerprint density at radius 3 is 2.26 bits per heavy atom. The lowest BCUT2D eigenvalue weighted by atomic mass is 9.89. The van der Waals surface area contributed by atoms with Gasteiger partial charge in [-0.15, -0.1) is 0 Å². The molecule has 0 spiro atoms. The molecule has 0 fully saturated rings. The number of hydrogen-bond acceptors (Lipinski definition) is 2. The quantitative estimate of drug-likeness (QED) is 0.755. The predicted molar refractivity (Wildman–Crippen MR) is 95.8 cm³/mol. The standard InChI is InChI=1S/C18H27ClN2O2/c1-6-10-21(11-7-2)17(23)18(4,5)16(22)20-15-12-14(19)9-8-13(15)3/h8-9,12H,6-7,10-11H2,1-5H3,(H,20,22). The minimum atomic E-state index is -1.13. The summed E-state index contributed by atoms with van der Waals surface area (Å²) >= 11 is 5.98. The summed E-state index contributed by atoms with van der Waals surface area (Å²) < 4.78 is 0. The van der Waals surface area contributed by atoms with Crippen LogP contribution >= 0.6 is 11.6 Å². The van der Waals surface area contributed by atoms with Crippen LogP contribution in [-0.2, 0) is 9.59 Å². The van der Waals surface area contributed by atoms with Crippen molar-refractivity contribution in [1.82, 2.24) is 4.90 Å². The molecule has 1 rings (SSSR count). The summed E-state index contributed by atoms with van der Waals surface area (Å²) in [5, 5.41) is 3.39. The van der Waals surface area contributed by atoms with Crippen LogP contribution in [0.3, 0.4) is 0 Å². The molecule has 23 heavy (non-hydrogen) atoms. The molecule has 1 aromatic carbocycles. The second kappa shape index (κ2) is 8.34. The van der Waals surface area contributed by atoms with Crippen molar-refractivity contribution in [3.8, 4) is 0 Å². The highest BCUT2D eigenvalue weighted by Crippen LogP contribution is 2.25. The number of anilines is 1.